The van der Waals surface area contributed by atoms with Crippen molar-refractivity contribution in [3.8, 4) is 11.1 Å². The van der Waals surface area contributed by atoms with Crippen LogP contribution in [-0.2, 0) is 0 Å². The molecule has 0 N–H and O–H groups in total. The van der Waals surface area contributed by atoms with Crippen LogP contribution in [0.1, 0.15) is 12.8 Å². The van der Waals surface area contributed by atoms with E-state index in [0.717, 1.165) is 95.7 Å². The summed E-state index contributed by atoms with van der Waals surface area (Å²) in [5.41, 5.74) is 10.5. The second-order valence-electron chi connectivity index (χ2n) is 11.9. The first-order valence-electron chi connectivity index (χ1n) is 15.7. The number of hydrogen-bond donors (Lipinski definition) is 0. The lowest BCUT2D eigenvalue weighted by molar-refractivity contribution is 0.660. The average molecular weight is 594 g/mol. The van der Waals surface area contributed by atoms with E-state index in [9.17, 15) is 0 Å². The van der Waals surface area contributed by atoms with Crippen LogP contribution < -0.4 is 4.90 Å². The molecule has 3 aromatic heterocycles. The third kappa shape index (κ3) is 3.67. The molecule has 0 aliphatic heterocycles. The molecular weight excluding hydrogens is 566 g/mol. The zero-order valence-corrected chi connectivity index (χ0v) is 24.9. The first kappa shape index (κ1) is 25.3. The van der Waals surface area contributed by atoms with E-state index in [0.29, 0.717) is 0 Å². The summed E-state index contributed by atoms with van der Waals surface area (Å²) in [7, 11) is 0. The van der Waals surface area contributed by atoms with Crippen molar-refractivity contribution in [3.05, 3.63) is 145 Å². The normalized spacial score (nSPS) is 13.5. The monoisotopic (exact) mass is 593 g/mol. The van der Waals surface area contributed by atoms with Gasteiger partial charge < -0.3 is 18.2 Å². The van der Waals surface area contributed by atoms with E-state index < -0.39 is 0 Å². The molecule has 6 aromatic carbocycles. The number of anilines is 2. The van der Waals surface area contributed by atoms with E-state index >= 15 is 0 Å². The fourth-order valence-electron chi connectivity index (χ4n) is 7.23. The lowest BCUT2D eigenvalue weighted by Gasteiger charge is -2.28. The van der Waals surface area contributed by atoms with Gasteiger partial charge in [0.2, 0.25) is 0 Å². The van der Waals surface area contributed by atoms with Crippen molar-refractivity contribution in [1.82, 2.24) is 0 Å². The van der Waals surface area contributed by atoms with Gasteiger partial charge in [-0.2, -0.15) is 0 Å². The molecule has 9 aromatic rings. The van der Waals surface area contributed by atoms with E-state index in [4.69, 9.17) is 13.3 Å². The molecule has 0 radical (unpaired) electrons. The van der Waals surface area contributed by atoms with Gasteiger partial charge in [-0.15, -0.1) is 0 Å². The summed E-state index contributed by atoms with van der Waals surface area (Å²) >= 11 is 0. The number of para-hydroxylation sites is 2. The zero-order chi connectivity index (χ0) is 30.2. The summed E-state index contributed by atoms with van der Waals surface area (Å²) in [6.45, 7) is 0. The highest BCUT2D eigenvalue weighted by Crippen LogP contribution is 2.49. The molecule has 3 heterocycles. The molecule has 0 saturated carbocycles. The van der Waals surface area contributed by atoms with Gasteiger partial charge in [0.25, 0.3) is 0 Å². The molecule has 218 valence electrons. The molecule has 0 fully saturated rings. The van der Waals surface area contributed by atoms with Gasteiger partial charge in [-0.05, 0) is 66.4 Å². The zero-order valence-electron chi connectivity index (χ0n) is 24.9. The third-order valence-corrected chi connectivity index (χ3v) is 9.28. The van der Waals surface area contributed by atoms with E-state index in [1.165, 1.54) is 11.1 Å². The molecule has 4 heteroatoms. The van der Waals surface area contributed by atoms with Crippen LogP contribution in [0.4, 0.5) is 11.4 Å². The third-order valence-electron chi connectivity index (χ3n) is 9.28. The number of hydrogen-bond acceptors (Lipinski definition) is 4. The molecule has 0 spiro atoms. The van der Waals surface area contributed by atoms with E-state index in [1.54, 1.807) is 0 Å². The largest absolute Gasteiger partial charge is 0.456 e. The standard InChI is InChI=1S/C42H27NO3/c1-3-11-26(12-4-1)27-19-21-29(22-20-27)43(28-13-5-2-6-14-28)32-25-37-41(42-38(32)30-15-7-10-18-34(30)46-42)40-36(45-37)24-23-35-39(40)31-16-8-9-17-33(31)44-35/h1,3-5,7-25H,2,6H2. The molecule has 0 atom stereocenters. The number of allylic oxidation sites excluding steroid dienone is 3. The smallest absolute Gasteiger partial charge is 0.149 e. The summed E-state index contributed by atoms with van der Waals surface area (Å²) in [6.07, 6.45) is 8.82. The first-order chi connectivity index (χ1) is 22.8. The Morgan fingerprint density at radius 3 is 1.89 bits per heavy atom. The van der Waals surface area contributed by atoms with Crippen LogP contribution in [0.15, 0.2) is 159 Å². The molecule has 0 amide bonds. The highest BCUT2D eigenvalue weighted by molar-refractivity contribution is 6.33. The number of nitrogens with zero attached hydrogens (tertiary/aromatic N) is 1. The van der Waals surface area contributed by atoms with Crippen LogP contribution in [0.3, 0.4) is 0 Å². The summed E-state index contributed by atoms with van der Waals surface area (Å²) in [5.74, 6) is 0. The Morgan fingerprint density at radius 2 is 1.13 bits per heavy atom. The average Bonchev–Trinajstić information content (AvgIpc) is 3.80. The quantitative estimate of drug-likeness (QED) is 0.204. The van der Waals surface area contributed by atoms with Gasteiger partial charge in [-0.25, -0.2) is 0 Å². The molecule has 46 heavy (non-hydrogen) atoms. The minimum atomic E-state index is 0.778. The fourth-order valence-corrected chi connectivity index (χ4v) is 7.23. The predicted molar refractivity (Wildman–Crippen MR) is 189 cm³/mol. The fraction of sp³-hybridized carbons (Fsp3) is 0.0476. The lowest BCUT2D eigenvalue weighted by atomic mass is 10.0. The maximum atomic E-state index is 6.81. The predicted octanol–water partition coefficient (Wildman–Crippen LogP) is 12.4. The Bertz CT molecular complexity index is 2680. The van der Waals surface area contributed by atoms with Crippen molar-refractivity contribution in [2.24, 2.45) is 0 Å². The second kappa shape index (κ2) is 9.75. The second-order valence-corrected chi connectivity index (χ2v) is 11.9. The van der Waals surface area contributed by atoms with Crippen LogP contribution in [0.25, 0.3) is 76.9 Å². The topological polar surface area (TPSA) is 42.7 Å². The van der Waals surface area contributed by atoms with Crippen molar-refractivity contribution in [2.75, 3.05) is 4.90 Å². The van der Waals surface area contributed by atoms with E-state index in [-0.39, 0.29) is 0 Å². The first-order valence-corrected chi connectivity index (χ1v) is 15.7. The Kier molecular flexibility index (Phi) is 5.37. The Balaban J connectivity index is 1.31. The molecule has 0 unspecified atom stereocenters. The van der Waals surface area contributed by atoms with Crippen LogP contribution in [0.5, 0.6) is 0 Å². The van der Waals surface area contributed by atoms with Gasteiger partial charge in [0, 0.05) is 39.0 Å². The van der Waals surface area contributed by atoms with Gasteiger partial charge >= 0.3 is 0 Å². The summed E-state index contributed by atoms with van der Waals surface area (Å²) in [5, 5.41) is 6.23. The van der Waals surface area contributed by atoms with Crippen molar-refractivity contribution in [3.63, 3.8) is 0 Å². The summed E-state index contributed by atoms with van der Waals surface area (Å²) in [4.78, 5) is 2.35. The van der Waals surface area contributed by atoms with Crippen LogP contribution in [0.2, 0.25) is 0 Å². The van der Waals surface area contributed by atoms with Crippen molar-refractivity contribution < 1.29 is 13.3 Å². The number of fused-ring (bicyclic) bond motifs is 11. The van der Waals surface area contributed by atoms with Gasteiger partial charge in [0.15, 0.2) is 0 Å². The maximum absolute atomic E-state index is 6.81. The van der Waals surface area contributed by atoms with Gasteiger partial charge in [-0.1, -0.05) is 91.0 Å². The minimum absolute atomic E-state index is 0.778. The molecule has 0 saturated heterocycles. The highest BCUT2D eigenvalue weighted by Gasteiger charge is 2.26. The maximum Gasteiger partial charge on any atom is 0.149 e. The number of benzene rings is 6. The molecule has 4 nitrogen and oxygen atoms in total. The Hall–Kier alpha value is -6.00. The van der Waals surface area contributed by atoms with Crippen LogP contribution in [0, 0.1) is 0 Å². The van der Waals surface area contributed by atoms with E-state index in [1.807, 2.05) is 30.3 Å². The molecule has 1 aliphatic rings. The minimum Gasteiger partial charge on any atom is -0.456 e. The van der Waals surface area contributed by atoms with Crippen LogP contribution in [-0.4, -0.2) is 0 Å². The number of rotatable bonds is 4. The Morgan fingerprint density at radius 1 is 0.478 bits per heavy atom. The van der Waals surface area contributed by atoms with E-state index in [2.05, 4.69) is 114 Å². The number of furan rings is 3. The summed E-state index contributed by atoms with van der Waals surface area (Å²) in [6, 6.07) is 42.1. The van der Waals surface area contributed by atoms with Crippen LogP contribution >= 0.6 is 0 Å². The SMILES string of the molecule is C1=CC(N(c2ccc(-c3ccccc3)cc2)c2cc3oc4ccc5oc6ccccc6c5c4c3c3oc4ccccc4c23)=CCC1. The summed E-state index contributed by atoms with van der Waals surface area (Å²) < 4.78 is 19.8. The molecule has 10 rings (SSSR count). The Labute approximate surface area is 264 Å². The molecule has 0 bridgehead atoms. The van der Waals surface area contributed by atoms with Gasteiger partial charge in [-0.3, -0.25) is 0 Å². The molecule has 1 aliphatic carbocycles. The van der Waals surface area contributed by atoms with Gasteiger partial charge in [0.1, 0.15) is 33.5 Å². The highest BCUT2D eigenvalue weighted by atomic mass is 16.3. The van der Waals surface area contributed by atoms with Crippen molar-refractivity contribution >= 4 is 77.2 Å². The van der Waals surface area contributed by atoms with Crippen molar-refractivity contribution in [1.29, 1.82) is 0 Å². The van der Waals surface area contributed by atoms with Gasteiger partial charge in [0.05, 0.1) is 16.5 Å². The van der Waals surface area contributed by atoms with Crippen molar-refractivity contribution in [2.45, 2.75) is 12.8 Å². The lowest BCUT2D eigenvalue weighted by Crippen LogP contribution is -2.16. The molecular formula is C42H27NO3.